The highest BCUT2D eigenvalue weighted by Gasteiger charge is 2.28. The Bertz CT molecular complexity index is 1080. The van der Waals surface area contributed by atoms with Crippen LogP contribution in [-0.2, 0) is 9.59 Å². The molecular weight excluding hydrogens is 423 g/mol. The first-order chi connectivity index (χ1) is 16.0. The number of amides is 2. The number of halogens is 1. The van der Waals surface area contributed by atoms with Gasteiger partial charge >= 0.3 is 11.8 Å². The minimum absolute atomic E-state index is 0.203. The zero-order valence-electron chi connectivity index (χ0n) is 18.5. The van der Waals surface area contributed by atoms with Crippen LogP contribution in [0, 0.1) is 12.7 Å². The van der Waals surface area contributed by atoms with E-state index in [1.165, 1.54) is 12.1 Å². The van der Waals surface area contributed by atoms with Crippen LogP contribution in [-0.4, -0.2) is 49.4 Å². The Labute approximate surface area is 192 Å². The van der Waals surface area contributed by atoms with Crippen LogP contribution in [0.2, 0.25) is 0 Å². The molecule has 7 nitrogen and oxygen atoms in total. The van der Waals surface area contributed by atoms with E-state index in [1.807, 2.05) is 31.2 Å². The second kappa shape index (κ2) is 10.3. The SMILES string of the molecule is Cc1cccc(NC(=O)C(=O)NCC(c2ccco2)N2CCN(c3ccc(F)cc3)CC2)c1. The summed E-state index contributed by atoms with van der Waals surface area (Å²) in [5.41, 5.74) is 2.55. The average Bonchev–Trinajstić information content (AvgIpc) is 3.35. The highest BCUT2D eigenvalue weighted by atomic mass is 19.1. The van der Waals surface area contributed by atoms with Crippen molar-refractivity contribution in [2.45, 2.75) is 13.0 Å². The van der Waals surface area contributed by atoms with Crippen molar-refractivity contribution in [3.05, 3.63) is 84.1 Å². The number of rotatable bonds is 6. The summed E-state index contributed by atoms with van der Waals surface area (Å²) < 4.78 is 18.9. The van der Waals surface area contributed by atoms with E-state index in [1.54, 1.807) is 30.5 Å². The lowest BCUT2D eigenvalue weighted by Gasteiger charge is -2.39. The Morgan fingerprint density at radius 1 is 1.00 bits per heavy atom. The lowest BCUT2D eigenvalue weighted by molar-refractivity contribution is -0.136. The Morgan fingerprint density at radius 3 is 2.42 bits per heavy atom. The number of carbonyl (C=O) groups excluding carboxylic acids is 2. The van der Waals surface area contributed by atoms with Gasteiger partial charge in [-0.3, -0.25) is 14.5 Å². The molecule has 2 amide bonds. The number of aryl methyl sites for hydroxylation is 1. The molecule has 1 saturated heterocycles. The number of nitrogens with zero attached hydrogens (tertiary/aromatic N) is 2. The van der Waals surface area contributed by atoms with Crippen molar-refractivity contribution in [2.75, 3.05) is 42.9 Å². The predicted molar refractivity (Wildman–Crippen MR) is 124 cm³/mol. The predicted octanol–water partition coefficient (Wildman–Crippen LogP) is 3.35. The van der Waals surface area contributed by atoms with Crippen molar-refractivity contribution in [3.63, 3.8) is 0 Å². The maximum atomic E-state index is 13.2. The molecule has 0 aliphatic carbocycles. The Kier molecular flexibility index (Phi) is 7.04. The van der Waals surface area contributed by atoms with Gasteiger partial charge in [-0.1, -0.05) is 12.1 Å². The van der Waals surface area contributed by atoms with E-state index in [0.717, 1.165) is 43.2 Å². The first-order valence-electron chi connectivity index (χ1n) is 10.9. The summed E-state index contributed by atoms with van der Waals surface area (Å²) >= 11 is 0. The van der Waals surface area contributed by atoms with Gasteiger partial charge in [0.25, 0.3) is 0 Å². The van der Waals surface area contributed by atoms with Crippen LogP contribution in [0.3, 0.4) is 0 Å². The molecule has 1 aliphatic rings. The maximum absolute atomic E-state index is 13.2. The molecule has 2 aromatic carbocycles. The normalized spacial score (nSPS) is 15.2. The molecule has 0 bridgehead atoms. The third-order valence-corrected chi connectivity index (χ3v) is 5.76. The average molecular weight is 451 g/mol. The molecule has 1 atom stereocenters. The number of piperazine rings is 1. The largest absolute Gasteiger partial charge is 0.468 e. The standard InChI is InChI=1S/C25H27FN4O3/c1-18-4-2-5-20(16-18)28-25(32)24(31)27-17-22(23-6-3-15-33-23)30-13-11-29(12-14-30)21-9-7-19(26)8-10-21/h2-10,15-16,22H,11-14,17H2,1H3,(H,27,31)(H,28,32). The number of benzene rings is 2. The third-order valence-electron chi connectivity index (χ3n) is 5.76. The zero-order valence-corrected chi connectivity index (χ0v) is 18.5. The summed E-state index contributed by atoms with van der Waals surface area (Å²) in [5.74, 6) is -0.931. The number of anilines is 2. The molecule has 0 radical (unpaired) electrons. The minimum Gasteiger partial charge on any atom is -0.468 e. The Balaban J connectivity index is 1.35. The van der Waals surface area contributed by atoms with Gasteiger partial charge in [-0.15, -0.1) is 0 Å². The van der Waals surface area contributed by atoms with Gasteiger partial charge in [-0.25, -0.2) is 4.39 Å². The van der Waals surface area contributed by atoms with Crippen molar-refractivity contribution in [3.8, 4) is 0 Å². The Morgan fingerprint density at radius 2 is 1.76 bits per heavy atom. The van der Waals surface area contributed by atoms with Gasteiger partial charge in [0.2, 0.25) is 0 Å². The number of hydrogen-bond acceptors (Lipinski definition) is 5. The van der Waals surface area contributed by atoms with Gasteiger partial charge in [-0.2, -0.15) is 0 Å². The molecule has 1 aliphatic heterocycles. The molecule has 0 spiro atoms. The first-order valence-corrected chi connectivity index (χ1v) is 10.9. The van der Waals surface area contributed by atoms with Gasteiger partial charge in [0, 0.05) is 44.1 Å². The molecule has 1 fully saturated rings. The van der Waals surface area contributed by atoms with E-state index in [0.29, 0.717) is 5.69 Å². The number of furan rings is 1. The number of hydrogen-bond donors (Lipinski definition) is 2. The lowest BCUT2D eigenvalue weighted by atomic mass is 10.1. The van der Waals surface area contributed by atoms with Gasteiger partial charge in [0.15, 0.2) is 0 Å². The smallest absolute Gasteiger partial charge is 0.313 e. The van der Waals surface area contributed by atoms with Crippen molar-refractivity contribution < 1.29 is 18.4 Å². The molecule has 0 saturated carbocycles. The van der Waals surface area contributed by atoms with Crippen LogP contribution in [0.1, 0.15) is 17.4 Å². The quantitative estimate of drug-likeness (QED) is 0.564. The Hall–Kier alpha value is -3.65. The van der Waals surface area contributed by atoms with Crippen molar-refractivity contribution >= 4 is 23.2 Å². The van der Waals surface area contributed by atoms with E-state index >= 15 is 0 Å². The third kappa shape index (κ3) is 5.78. The van der Waals surface area contributed by atoms with Gasteiger partial charge in [0.1, 0.15) is 11.6 Å². The zero-order chi connectivity index (χ0) is 23.2. The van der Waals surface area contributed by atoms with Crippen LogP contribution in [0.4, 0.5) is 15.8 Å². The molecule has 1 aromatic heterocycles. The molecule has 3 aromatic rings. The van der Waals surface area contributed by atoms with Crippen LogP contribution >= 0.6 is 0 Å². The number of nitrogens with one attached hydrogen (secondary N) is 2. The number of carbonyl (C=O) groups is 2. The van der Waals surface area contributed by atoms with Crippen molar-refractivity contribution in [1.82, 2.24) is 10.2 Å². The molecule has 2 N–H and O–H groups in total. The summed E-state index contributed by atoms with van der Waals surface area (Å²) in [5, 5.41) is 5.37. The van der Waals surface area contributed by atoms with Crippen LogP contribution in [0.15, 0.2) is 71.3 Å². The molecule has 4 rings (SSSR count). The van der Waals surface area contributed by atoms with Gasteiger partial charge in [0.05, 0.1) is 12.3 Å². The second-order valence-electron chi connectivity index (χ2n) is 8.06. The summed E-state index contributed by atoms with van der Waals surface area (Å²) in [4.78, 5) is 29.2. The fourth-order valence-corrected chi connectivity index (χ4v) is 4.01. The second-order valence-corrected chi connectivity index (χ2v) is 8.06. The summed E-state index contributed by atoms with van der Waals surface area (Å²) in [6.45, 7) is 5.13. The van der Waals surface area contributed by atoms with Gasteiger partial charge in [-0.05, 0) is 61.0 Å². The fraction of sp³-hybridized carbons (Fsp3) is 0.280. The minimum atomic E-state index is -0.708. The van der Waals surface area contributed by atoms with Crippen molar-refractivity contribution in [1.29, 1.82) is 0 Å². The summed E-state index contributed by atoms with van der Waals surface area (Å²) in [6, 6.07) is 17.2. The van der Waals surface area contributed by atoms with Crippen LogP contribution < -0.4 is 15.5 Å². The topological polar surface area (TPSA) is 77.8 Å². The van der Waals surface area contributed by atoms with E-state index in [-0.39, 0.29) is 18.4 Å². The molecule has 1 unspecified atom stereocenters. The lowest BCUT2D eigenvalue weighted by Crippen LogP contribution is -2.50. The highest BCUT2D eigenvalue weighted by Crippen LogP contribution is 2.24. The fourth-order valence-electron chi connectivity index (χ4n) is 4.01. The molecule has 2 heterocycles. The van der Waals surface area contributed by atoms with Crippen LogP contribution in [0.5, 0.6) is 0 Å². The molecule has 33 heavy (non-hydrogen) atoms. The van der Waals surface area contributed by atoms with E-state index < -0.39 is 11.8 Å². The molecule has 172 valence electrons. The monoisotopic (exact) mass is 450 g/mol. The van der Waals surface area contributed by atoms with E-state index in [4.69, 9.17) is 4.42 Å². The van der Waals surface area contributed by atoms with Crippen molar-refractivity contribution in [2.24, 2.45) is 0 Å². The molecular formula is C25H27FN4O3. The van der Waals surface area contributed by atoms with Crippen LogP contribution in [0.25, 0.3) is 0 Å². The van der Waals surface area contributed by atoms with E-state index in [9.17, 15) is 14.0 Å². The highest BCUT2D eigenvalue weighted by molar-refractivity contribution is 6.39. The molecule has 8 heteroatoms. The maximum Gasteiger partial charge on any atom is 0.313 e. The van der Waals surface area contributed by atoms with E-state index in [2.05, 4.69) is 20.4 Å². The summed E-state index contributed by atoms with van der Waals surface area (Å²) in [7, 11) is 0. The van der Waals surface area contributed by atoms with Gasteiger partial charge < -0.3 is 20.0 Å². The first kappa shape index (κ1) is 22.5. The summed E-state index contributed by atoms with van der Waals surface area (Å²) in [6.07, 6.45) is 1.60.